The van der Waals surface area contributed by atoms with Gasteiger partial charge < -0.3 is 10.6 Å². The molecule has 1 unspecified atom stereocenters. The van der Waals surface area contributed by atoms with Crippen LogP contribution in [0.3, 0.4) is 0 Å². The molecule has 15 heavy (non-hydrogen) atoms. The fraction of sp³-hybridized carbons (Fsp3) is 0.364. The minimum absolute atomic E-state index is 0.472. The Labute approximate surface area is 104 Å². The zero-order valence-electron chi connectivity index (χ0n) is 8.65. The molecule has 0 fully saturated rings. The summed E-state index contributed by atoms with van der Waals surface area (Å²) in [7, 11) is 1.98. The highest BCUT2D eigenvalue weighted by Crippen LogP contribution is 2.21. The number of likely N-dealkylation sites (N-methyl/N-ethyl adjacent to an activating group) is 1. The van der Waals surface area contributed by atoms with E-state index in [1.54, 1.807) is 0 Å². The molecule has 1 aliphatic heterocycles. The van der Waals surface area contributed by atoms with E-state index in [9.17, 15) is 0 Å². The van der Waals surface area contributed by atoms with Crippen molar-refractivity contribution in [1.82, 2.24) is 4.90 Å². The number of rotatable bonds is 1. The van der Waals surface area contributed by atoms with E-state index in [2.05, 4.69) is 51.8 Å². The molecule has 0 radical (unpaired) electrons. The second kappa shape index (κ2) is 4.38. The summed E-state index contributed by atoms with van der Waals surface area (Å²) < 4.78 is 1.27. The number of halogens is 1. The van der Waals surface area contributed by atoms with Crippen LogP contribution in [0.25, 0.3) is 0 Å². The summed E-state index contributed by atoms with van der Waals surface area (Å²) >= 11 is 2.32. The number of hydrogen-bond donors (Lipinski definition) is 1. The highest BCUT2D eigenvalue weighted by molar-refractivity contribution is 14.1. The van der Waals surface area contributed by atoms with Gasteiger partial charge >= 0.3 is 0 Å². The number of nitrogens with two attached hydrogens (primary N) is 1. The SMILES string of the molecule is CN1CC(c2ccc(I)cc2)CN=C1N. The third-order valence-electron chi connectivity index (χ3n) is 2.70. The van der Waals surface area contributed by atoms with Gasteiger partial charge in [-0.25, -0.2) is 0 Å². The first-order chi connectivity index (χ1) is 7.16. The smallest absolute Gasteiger partial charge is 0.191 e. The van der Waals surface area contributed by atoms with Gasteiger partial charge in [0.05, 0.1) is 6.54 Å². The van der Waals surface area contributed by atoms with Crippen molar-refractivity contribution < 1.29 is 0 Å². The van der Waals surface area contributed by atoms with E-state index in [-0.39, 0.29) is 0 Å². The van der Waals surface area contributed by atoms with Gasteiger partial charge in [-0.1, -0.05) is 12.1 Å². The molecule has 2 rings (SSSR count). The van der Waals surface area contributed by atoms with Crippen molar-refractivity contribution in [3.05, 3.63) is 33.4 Å². The van der Waals surface area contributed by atoms with Crippen LogP contribution in [-0.4, -0.2) is 31.0 Å². The van der Waals surface area contributed by atoms with Crippen molar-refractivity contribution in [2.24, 2.45) is 10.7 Å². The lowest BCUT2D eigenvalue weighted by Gasteiger charge is -2.28. The topological polar surface area (TPSA) is 41.6 Å². The van der Waals surface area contributed by atoms with Crippen LogP contribution in [-0.2, 0) is 0 Å². The van der Waals surface area contributed by atoms with Gasteiger partial charge in [-0.2, -0.15) is 0 Å². The van der Waals surface area contributed by atoms with E-state index in [0.29, 0.717) is 11.9 Å². The van der Waals surface area contributed by atoms with E-state index in [1.807, 2.05) is 11.9 Å². The predicted molar refractivity (Wildman–Crippen MR) is 71.0 cm³/mol. The summed E-state index contributed by atoms with van der Waals surface area (Å²) in [6.45, 7) is 1.76. The van der Waals surface area contributed by atoms with Crippen molar-refractivity contribution in [3.63, 3.8) is 0 Å². The first-order valence-corrected chi connectivity index (χ1v) is 6.01. The Morgan fingerprint density at radius 1 is 1.40 bits per heavy atom. The van der Waals surface area contributed by atoms with Crippen molar-refractivity contribution >= 4 is 28.6 Å². The Morgan fingerprint density at radius 3 is 2.67 bits per heavy atom. The summed E-state index contributed by atoms with van der Waals surface area (Å²) in [5.41, 5.74) is 7.06. The average Bonchev–Trinajstić information content (AvgIpc) is 2.23. The van der Waals surface area contributed by atoms with Gasteiger partial charge in [0.1, 0.15) is 0 Å². The molecule has 0 saturated carbocycles. The van der Waals surface area contributed by atoms with Crippen molar-refractivity contribution in [2.75, 3.05) is 20.1 Å². The average molecular weight is 315 g/mol. The molecule has 0 aliphatic carbocycles. The van der Waals surface area contributed by atoms with Crippen LogP contribution in [0.1, 0.15) is 11.5 Å². The van der Waals surface area contributed by atoms with Crippen LogP contribution >= 0.6 is 22.6 Å². The predicted octanol–water partition coefficient (Wildman–Crippen LogP) is 1.63. The van der Waals surface area contributed by atoms with E-state index < -0.39 is 0 Å². The summed E-state index contributed by atoms with van der Waals surface area (Å²) in [6, 6.07) is 8.63. The molecule has 0 amide bonds. The van der Waals surface area contributed by atoms with Crippen LogP contribution in [0.4, 0.5) is 0 Å². The minimum Gasteiger partial charge on any atom is -0.370 e. The fourth-order valence-electron chi connectivity index (χ4n) is 1.75. The second-order valence-corrected chi connectivity index (χ2v) is 5.07. The summed E-state index contributed by atoms with van der Waals surface area (Å²) in [4.78, 5) is 6.32. The Morgan fingerprint density at radius 2 is 2.07 bits per heavy atom. The molecule has 1 aromatic rings. The maximum absolute atomic E-state index is 5.72. The van der Waals surface area contributed by atoms with Gasteiger partial charge in [0.15, 0.2) is 5.96 Å². The maximum atomic E-state index is 5.72. The molecule has 0 spiro atoms. The Hall–Kier alpha value is -0.780. The monoisotopic (exact) mass is 315 g/mol. The van der Waals surface area contributed by atoms with Gasteiger partial charge in [-0.3, -0.25) is 4.99 Å². The van der Waals surface area contributed by atoms with Gasteiger partial charge in [0.25, 0.3) is 0 Å². The minimum atomic E-state index is 0.472. The summed E-state index contributed by atoms with van der Waals surface area (Å²) in [5.74, 6) is 1.12. The van der Waals surface area contributed by atoms with Gasteiger partial charge in [0, 0.05) is 23.1 Å². The van der Waals surface area contributed by atoms with Crippen LogP contribution in [0.2, 0.25) is 0 Å². The van der Waals surface area contributed by atoms with E-state index in [0.717, 1.165) is 13.1 Å². The Balaban J connectivity index is 2.16. The number of guanidine groups is 1. The van der Waals surface area contributed by atoms with Crippen LogP contribution < -0.4 is 5.73 Å². The van der Waals surface area contributed by atoms with Crippen LogP contribution in [0.15, 0.2) is 29.3 Å². The Kier molecular flexibility index (Phi) is 3.14. The lowest BCUT2D eigenvalue weighted by atomic mass is 9.98. The summed E-state index contributed by atoms with van der Waals surface area (Å²) in [5, 5.41) is 0. The number of nitrogens with zero attached hydrogens (tertiary/aromatic N) is 2. The van der Waals surface area contributed by atoms with E-state index in [1.165, 1.54) is 9.13 Å². The second-order valence-electron chi connectivity index (χ2n) is 3.83. The molecule has 2 N–H and O–H groups in total. The van der Waals surface area contributed by atoms with Crippen molar-refractivity contribution in [2.45, 2.75) is 5.92 Å². The fourth-order valence-corrected chi connectivity index (χ4v) is 2.11. The molecule has 1 heterocycles. The first kappa shape index (κ1) is 10.7. The summed E-state index contributed by atoms with van der Waals surface area (Å²) in [6.07, 6.45) is 0. The normalized spacial score (nSPS) is 21.3. The highest BCUT2D eigenvalue weighted by Gasteiger charge is 2.19. The van der Waals surface area contributed by atoms with E-state index in [4.69, 9.17) is 5.73 Å². The molecule has 3 nitrogen and oxygen atoms in total. The molecular formula is C11H14IN3. The molecule has 1 atom stereocenters. The highest BCUT2D eigenvalue weighted by atomic mass is 127. The molecule has 4 heteroatoms. The lowest BCUT2D eigenvalue weighted by Crippen LogP contribution is -2.41. The van der Waals surface area contributed by atoms with Crippen LogP contribution in [0.5, 0.6) is 0 Å². The quantitative estimate of drug-likeness (QED) is 0.801. The third kappa shape index (κ3) is 2.42. The molecule has 0 saturated heterocycles. The largest absolute Gasteiger partial charge is 0.370 e. The van der Waals surface area contributed by atoms with Gasteiger partial charge in [0.2, 0.25) is 0 Å². The number of aliphatic imine (C=N–C) groups is 1. The molecular weight excluding hydrogens is 301 g/mol. The lowest BCUT2D eigenvalue weighted by molar-refractivity contribution is 0.422. The number of benzene rings is 1. The van der Waals surface area contributed by atoms with Crippen molar-refractivity contribution in [1.29, 1.82) is 0 Å². The molecule has 1 aliphatic rings. The number of hydrogen-bond acceptors (Lipinski definition) is 3. The molecule has 0 bridgehead atoms. The third-order valence-corrected chi connectivity index (χ3v) is 3.42. The Bertz CT molecular complexity index is 372. The van der Waals surface area contributed by atoms with E-state index >= 15 is 0 Å². The molecule has 1 aromatic carbocycles. The van der Waals surface area contributed by atoms with Gasteiger partial charge in [-0.15, -0.1) is 0 Å². The molecule has 0 aromatic heterocycles. The maximum Gasteiger partial charge on any atom is 0.191 e. The van der Waals surface area contributed by atoms with Gasteiger partial charge in [-0.05, 0) is 40.3 Å². The zero-order chi connectivity index (χ0) is 10.8. The van der Waals surface area contributed by atoms with Crippen molar-refractivity contribution in [3.8, 4) is 0 Å². The van der Waals surface area contributed by atoms with Crippen LogP contribution in [0, 0.1) is 3.57 Å². The first-order valence-electron chi connectivity index (χ1n) is 4.93. The molecule has 80 valence electrons. The standard InChI is InChI=1S/C11H14IN3/c1-15-7-9(6-14-11(15)13)8-2-4-10(12)5-3-8/h2-5,9H,6-7H2,1H3,(H2,13,14). The zero-order valence-corrected chi connectivity index (χ0v) is 10.8.